The van der Waals surface area contributed by atoms with Crippen molar-refractivity contribution in [2.75, 3.05) is 13.1 Å². The third-order valence-electron chi connectivity index (χ3n) is 3.18. The molecule has 0 saturated carbocycles. The van der Waals surface area contributed by atoms with Crippen LogP contribution < -0.4 is 5.32 Å². The van der Waals surface area contributed by atoms with Crippen molar-refractivity contribution >= 4 is 0 Å². The summed E-state index contributed by atoms with van der Waals surface area (Å²) in [5.74, 6) is 0. The zero-order valence-corrected chi connectivity index (χ0v) is 9.86. The molecule has 0 bridgehead atoms. The summed E-state index contributed by atoms with van der Waals surface area (Å²) >= 11 is 0. The van der Waals surface area contributed by atoms with Crippen molar-refractivity contribution in [3.05, 3.63) is 35.9 Å². The number of nitrogens with zero attached hydrogens (tertiary/aromatic N) is 1. The number of benzene rings is 1. The number of rotatable bonds is 2. The lowest BCUT2D eigenvalue weighted by molar-refractivity contribution is 0.0185. The van der Waals surface area contributed by atoms with Gasteiger partial charge in [0, 0.05) is 30.7 Å². The van der Waals surface area contributed by atoms with E-state index in [0.717, 1.165) is 18.7 Å². The average molecular weight is 222 g/mol. The van der Waals surface area contributed by atoms with Gasteiger partial charge in [-0.05, 0) is 13.8 Å². The van der Waals surface area contributed by atoms with Crippen LogP contribution in [0.1, 0.15) is 25.7 Å². The lowest BCUT2D eigenvalue weighted by Gasteiger charge is -2.39. The zero-order valence-electron chi connectivity index (χ0n) is 9.86. The van der Waals surface area contributed by atoms with Crippen LogP contribution in [0.4, 0.5) is 4.39 Å². The van der Waals surface area contributed by atoms with Gasteiger partial charge in [-0.1, -0.05) is 30.3 Å². The van der Waals surface area contributed by atoms with Crippen LogP contribution in [0.2, 0.25) is 0 Å². The summed E-state index contributed by atoms with van der Waals surface area (Å²) in [7, 11) is 0. The lowest BCUT2D eigenvalue weighted by atomic mass is 10.1. The number of hydrogen-bond donors (Lipinski definition) is 1. The predicted molar refractivity (Wildman–Crippen MR) is 63.9 cm³/mol. The highest BCUT2D eigenvalue weighted by Gasteiger charge is 2.29. The molecule has 3 atom stereocenters. The number of alkyl halides is 1. The van der Waals surface area contributed by atoms with E-state index in [1.165, 1.54) is 0 Å². The Bertz CT molecular complexity index is 328. The van der Waals surface area contributed by atoms with E-state index in [2.05, 4.69) is 19.2 Å². The van der Waals surface area contributed by atoms with Gasteiger partial charge in [-0.3, -0.25) is 4.90 Å². The first-order valence-electron chi connectivity index (χ1n) is 5.86. The number of hydrogen-bond acceptors (Lipinski definition) is 2. The van der Waals surface area contributed by atoms with Gasteiger partial charge in [-0.25, -0.2) is 4.39 Å². The first kappa shape index (κ1) is 11.6. The van der Waals surface area contributed by atoms with Crippen LogP contribution in [0.3, 0.4) is 0 Å². The largest absolute Gasteiger partial charge is 0.311 e. The van der Waals surface area contributed by atoms with Crippen molar-refractivity contribution in [2.24, 2.45) is 0 Å². The normalized spacial score (nSPS) is 28.9. The van der Waals surface area contributed by atoms with E-state index in [4.69, 9.17) is 0 Å². The van der Waals surface area contributed by atoms with Gasteiger partial charge in [-0.2, -0.15) is 0 Å². The van der Waals surface area contributed by atoms with Crippen molar-refractivity contribution < 1.29 is 4.39 Å². The number of halogens is 1. The number of nitrogens with one attached hydrogen (secondary N) is 1. The smallest absolute Gasteiger partial charge is 0.179 e. The topological polar surface area (TPSA) is 15.3 Å². The van der Waals surface area contributed by atoms with Crippen LogP contribution in [0.5, 0.6) is 0 Å². The molecule has 1 aromatic rings. The van der Waals surface area contributed by atoms with Crippen LogP contribution in [-0.2, 0) is 0 Å². The van der Waals surface area contributed by atoms with Gasteiger partial charge in [-0.15, -0.1) is 0 Å². The van der Waals surface area contributed by atoms with Crippen molar-refractivity contribution in [3.63, 3.8) is 0 Å². The van der Waals surface area contributed by atoms with Crippen molar-refractivity contribution in [1.29, 1.82) is 0 Å². The molecule has 3 unspecified atom stereocenters. The van der Waals surface area contributed by atoms with Gasteiger partial charge >= 0.3 is 0 Å². The standard InChI is InChI=1S/C13H19FN2/c1-10-9-16(11(2)8-15-10)13(14)12-6-4-3-5-7-12/h3-7,10-11,13,15H,8-9H2,1-2H3. The molecular weight excluding hydrogens is 203 g/mol. The molecule has 0 aromatic heterocycles. The van der Waals surface area contributed by atoms with Gasteiger partial charge in [0.1, 0.15) is 0 Å². The van der Waals surface area contributed by atoms with Crippen molar-refractivity contribution in [2.45, 2.75) is 32.2 Å². The second kappa shape index (κ2) is 4.93. The minimum atomic E-state index is -0.985. The van der Waals surface area contributed by atoms with Gasteiger partial charge in [0.05, 0.1) is 0 Å². The molecule has 16 heavy (non-hydrogen) atoms. The molecule has 1 heterocycles. The molecule has 1 aliphatic rings. The van der Waals surface area contributed by atoms with E-state index in [-0.39, 0.29) is 6.04 Å². The molecule has 1 N–H and O–H groups in total. The van der Waals surface area contributed by atoms with Gasteiger partial charge in [0.25, 0.3) is 0 Å². The van der Waals surface area contributed by atoms with E-state index < -0.39 is 6.30 Å². The summed E-state index contributed by atoms with van der Waals surface area (Å²) < 4.78 is 14.3. The fraction of sp³-hybridized carbons (Fsp3) is 0.538. The van der Waals surface area contributed by atoms with E-state index in [1.807, 2.05) is 35.2 Å². The highest BCUT2D eigenvalue weighted by Crippen LogP contribution is 2.25. The Balaban J connectivity index is 2.11. The molecular formula is C13H19FN2. The van der Waals surface area contributed by atoms with E-state index in [1.54, 1.807) is 0 Å². The Kier molecular flexibility index (Phi) is 3.56. The third-order valence-corrected chi connectivity index (χ3v) is 3.18. The Hall–Kier alpha value is -0.930. The summed E-state index contributed by atoms with van der Waals surface area (Å²) in [4.78, 5) is 1.93. The molecule has 1 aromatic carbocycles. The van der Waals surface area contributed by atoms with Gasteiger partial charge in [0.15, 0.2) is 6.30 Å². The monoisotopic (exact) mass is 222 g/mol. The molecule has 0 aliphatic carbocycles. The minimum Gasteiger partial charge on any atom is -0.311 e. The highest BCUT2D eigenvalue weighted by atomic mass is 19.1. The van der Waals surface area contributed by atoms with Crippen LogP contribution in [0, 0.1) is 0 Å². The molecule has 0 radical (unpaired) electrons. The zero-order chi connectivity index (χ0) is 11.5. The molecule has 0 spiro atoms. The second-order valence-corrected chi connectivity index (χ2v) is 4.60. The lowest BCUT2D eigenvalue weighted by Crippen LogP contribution is -2.54. The molecule has 2 nitrogen and oxygen atoms in total. The Morgan fingerprint density at radius 1 is 1.31 bits per heavy atom. The van der Waals surface area contributed by atoms with Gasteiger partial charge < -0.3 is 5.32 Å². The van der Waals surface area contributed by atoms with Crippen molar-refractivity contribution in [1.82, 2.24) is 10.2 Å². The summed E-state index contributed by atoms with van der Waals surface area (Å²) in [5.41, 5.74) is 0.753. The summed E-state index contributed by atoms with van der Waals surface area (Å²) in [6, 6.07) is 9.99. The first-order chi connectivity index (χ1) is 7.68. The molecule has 1 saturated heterocycles. The van der Waals surface area contributed by atoms with Crippen LogP contribution in [-0.4, -0.2) is 30.1 Å². The van der Waals surface area contributed by atoms with E-state index in [9.17, 15) is 4.39 Å². The van der Waals surface area contributed by atoms with E-state index in [0.29, 0.717) is 6.04 Å². The van der Waals surface area contributed by atoms with Crippen LogP contribution in [0.15, 0.2) is 30.3 Å². The highest BCUT2D eigenvalue weighted by molar-refractivity contribution is 5.17. The maximum absolute atomic E-state index is 14.3. The maximum Gasteiger partial charge on any atom is 0.179 e. The molecule has 1 aliphatic heterocycles. The summed E-state index contributed by atoms with van der Waals surface area (Å²) in [5, 5.41) is 3.36. The molecule has 1 fully saturated rings. The number of piperazine rings is 1. The average Bonchev–Trinajstić information content (AvgIpc) is 2.32. The van der Waals surface area contributed by atoms with Crippen molar-refractivity contribution in [3.8, 4) is 0 Å². The fourth-order valence-corrected chi connectivity index (χ4v) is 2.17. The quantitative estimate of drug-likeness (QED) is 0.773. The molecule has 0 amide bonds. The second-order valence-electron chi connectivity index (χ2n) is 4.60. The first-order valence-corrected chi connectivity index (χ1v) is 5.86. The minimum absolute atomic E-state index is 0.242. The molecule has 3 heteroatoms. The van der Waals surface area contributed by atoms with Crippen LogP contribution in [0.25, 0.3) is 0 Å². The van der Waals surface area contributed by atoms with E-state index >= 15 is 0 Å². The van der Waals surface area contributed by atoms with Crippen LogP contribution >= 0.6 is 0 Å². The summed E-state index contributed by atoms with van der Waals surface area (Å²) in [6.45, 7) is 5.77. The third kappa shape index (κ3) is 2.42. The maximum atomic E-state index is 14.3. The van der Waals surface area contributed by atoms with Gasteiger partial charge in [0.2, 0.25) is 0 Å². The SMILES string of the molecule is CC1CN(C(F)c2ccccc2)C(C)CN1. The Morgan fingerprint density at radius 2 is 2.00 bits per heavy atom. The molecule has 2 rings (SSSR count). The summed E-state index contributed by atoms with van der Waals surface area (Å²) in [6.07, 6.45) is -0.985. The predicted octanol–water partition coefficient (Wildman–Crippen LogP) is 2.34. The molecule has 88 valence electrons. The fourth-order valence-electron chi connectivity index (χ4n) is 2.17. The Morgan fingerprint density at radius 3 is 2.69 bits per heavy atom. The Labute approximate surface area is 96.5 Å².